The minimum atomic E-state index is -0.530. The molecule has 1 fully saturated rings. The Morgan fingerprint density at radius 3 is 2.60 bits per heavy atom. The summed E-state index contributed by atoms with van der Waals surface area (Å²) in [5.74, 6) is 1.98. The zero-order valence-corrected chi connectivity index (χ0v) is 24.4. The normalized spacial score (nSPS) is 14.1. The zero-order valence-electron chi connectivity index (χ0n) is 22.8. The lowest BCUT2D eigenvalue weighted by atomic mass is 9.96. The average Bonchev–Trinajstić information content (AvgIpc) is 3.39. The number of nitrogens with zero attached hydrogens (tertiary/aromatic N) is 4. The van der Waals surface area contributed by atoms with Crippen molar-refractivity contribution in [2.24, 2.45) is 0 Å². The molecule has 1 amide bonds. The van der Waals surface area contributed by atoms with Crippen molar-refractivity contribution >= 4 is 46.3 Å². The molecule has 0 atom stereocenters. The van der Waals surface area contributed by atoms with E-state index in [2.05, 4.69) is 19.7 Å². The van der Waals surface area contributed by atoms with Crippen molar-refractivity contribution in [3.63, 3.8) is 0 Å². The fraction of sp³-hybridized carbons (Fsp3) is 0.444. The summed E-state index contributed by atoms with van der Waals surface area (Å²) >= 11 is 2.66. The Kier molecular flexibility index (Phi) is 9.80. The second-order valence-corrected chi connectivity index (χ2v) is 12.0. The van der Waals surface area contributed by atoms with Gasteiger partial charge in [-0.05, 0) is 63.9 Å². The van der Waals surface area contributed by atoms with Crippen molar-refractivity contribution < 1.29 is 28.2 Å². The molecule has 13 heteroatoms. The summed E-state index contributed by atoms with van der Waals surface area (Å²) in [6.07, 6.45) is 3.12. The van der Waals surface area contributed by atoms with Gasteiger partial charge in [-0.1, -0.05) is 0 Å². The Morgan fingerprint density at radius 1 is 1.20 bits per heavy atom. The van der Waals surface area contributed by atoms with E-state index >= 15 is 0 Å². The number of piperidine rings is 1. The van der Waals surface area contributed by atoms with E-state index in [1.54, 1.807) is 17.2 Å². The number of halogens is 1. The fourth-order valence-electron chi connectivity index (χ4n) is 3.86. The van der Waals surface area contributed by atoms with Gasteiger partial charge in [-0.3, -0.25) is 4.79 Å². The van der Waals surface area contributed by atoms with Crippen LogP contribution in [0.25, 0.3) is 0 Å². The maximum atomic E-state index is 13.4. The molecule has 0 aliphatic carbocycles. The van der Waals surface area contributed by atoms with Crippen LogP contribution in [-0.4, -0.2) is 62.9 Å². The number of hydrogen-bond acceptors (Lipinski definition) is 11. The van der Waals surface area contributed by atoms with Gasteiger partial charge in [-0.2, -0.15) is 4.37 Å². The molecule has 1 aliphatic heterocycles. The lowest BCUT2D eigenvalue weighted by Crippen LogP contribution is -2.41. The monoisotopic (exact) mass is 589 g/mol. The number of pyridine rings is 1. The number of amides is 1. The number of anilines is 2. The SMILES string of the molecule is COC(=O)CCSc1cnc(Nc2nc(C3CCN(C(=O)OC(C)(C)C)CC3)ns2)c(Oc2ccc(F)cc2)c1. The van der Waals surface area contributed by atoms with E-state index in [-0.39, 0.29) is 30.2 Å². The summed E-state index contributed by atoms with van der Waals surface area (Å²) in [4.78, 5) is 35.5. The Bertz CT molecular complexity index is 1310. The van der Waals surface area contributed by atoms with Crippen LogP contribution in [0.3, 0.4) is 0 Å². The number of likely N-dealkylation sites (tertiary alicyclic amines) is 1. The number of benzene rings is 1. The van der Waals surface area contributed by atoms with Crippen LogP contribution in [0.5, 0.6) is 11.5 Å². The zero-order chi connectivity index (χ0) is 28.7. The molecule has 2 aromatic heterocycles. The molecule has 0 spiro atoms. The number of ether oxygens (including phenoxy) is 3. The number of thioether (sulfide) groups is 1. The third-order valence-electron chi connectivity index (χ3n) is 5.85. The van der Waals surface area contributed by atoms with Gasteiger partial charge >= 0.3 is 12.1 Å². The van der Waals surface area contributed by atoms with Crippen molar-refractivity contribution in [2.45, 2.75) is 56.4 Å². The van der Waals surface area contributed by atoms with Crippen molar-refractivity contribution in [3.8, 4) is 11.5 Å². The predicted molar refractivity (Wildman–Crippen MR) is 151 cm³/mol. The van der Waals surface area contributed by atoms with Gasteiger partial charge in [0.25, 0.3) is 0 Å². The molecular formula is C27H32FN5O5S2. The Morgan fingerprint density at radius 2 is 1.93 bits per heavy atom. The van der Waals surface area contributed by atoms with Crippen LogP contribution < -0.4 is 10.1 Å². The predicted octanol–water partition coefficient (Wildman–Crippen LogP) is 6.38. The van der Waals surface area contributed by atoms with Gasteiger partial charge in [0.1, 0.15) is 23.0 Å². The molecule has 1 aliphatic rings. The second kappa shape index (κ2) is 13.3. The molecule has 10 nitrogen and oxygen atoms in total. The number of esters is 1. The van der Waals surface area contributed by atoms with E-state index in [1.807, 2.05) is 20.8 Å². The molecule has 1 saturated heterocycles. The number of methoxy groups -OCH3 is 1. The van der Waals surface area contributed by atoms with Crippen LogP contribution in [0.4, 0.5) is 20.1 Å². The third-order valence-corrected chi connectivity index (χ3v) is 7.46. The summed E-state index contributed by atoms with van der Waals surface area (Å²) < 4.78 is 34.2. The number of carbonyl (C=O) groups excluding carboxylic acids is 2. The molecule has 1 aromatic carbocycles. The van der Waals surface area contributed by atoms with Crippen molar-refractivity contribution in [3.05, 3.63) is 48.2 Å². The van der Waals surface area contributed by atoms with E-state index in [9.17, 15) is 14.0 Å². The lowest BCUT2D eigenvalue weighted by Gasteiger charge is -2.32. The largest absolute Gasteiger partial charge is 0.469 e. The topological polar surface area (TPSA) is 116 Å². The van der Waals surface area contributed by atoms with Crippen LogP contribution in [-0.2, 0) is 14.3 Å². The molecule has 4 rings (SSSR count). The number of rotatable bonds is 9. The number of nitrogens with one attached hydrogen (secondary N) is 1. The molecular weight excluding hydrogens is 557 g/mol. The van der Waals surface area contributed by atoms with E-state index in [1.165, 1.54) is 54.7 Å². The highest BCUT2D eigenvalue weighted by Gasteiger charge is 2.29. The van der Waals surface area contributed by atoms with Gasteiger partial charge in [0.2, 0.25) is 5.13 Å². The van der Waals surface area contributed by atoms with Gasteiger partial charge in [-0.15, -0.1) is 11.8 Å². The van der Waals surface area contributed by atoms with Crippen LogP contribution >= 0.6 is 23.3 Å². The molecule has 3 aromatic rings. The van der Waals surface area contributed by atoms with Crippen LogP contribution in [0.1, 0.15) is 51.8 Å². The maximum Gasteiger partial charge on any atom is 0.410 e. The van der Waals surface area contributed by atoms with E-state index < -0.39 is 5.60 Å². The molecule has 0 unspecified atom stereocenters. The minimum Gasteiger partial charge on any atom is -0.469 e. The molecule has 214 valence electrons. The average molecular weight is 590 g/mol. The van der Waals surface area contributed by atoms with Crippen LogP contribution in [0.15, 0.2) is 41.4 Å². The van der Waals surface area contributed by atoms with E-state index in [0.717, 1.165) is 17.7 Å². The lowest BCUT2D eigenvalue weighted by molar-refractivity contribution is -0.140. The highest BCUT2D eigenvalue weighted by atomic mass is 32.2. The number of aromatic nitrogens is 3. The van der Waals surface area contributed by atoms with Gasteiger partial charge in [0, 0.05) is 47.4 Å². The smallest absolute Gasteiger partial charge is 0.410 e. The fourth-order valence-corrected chi connectivity index (χ4v) is 5.33. The minimum absolute atomic E-state index is 0.127. The first kappa shape index (κ1) is 29.5. The van der Waals surface area contributed by atoms with Crippen LogP contribution in [0, 0.1) is 5.82 Å². The van der Waals surface area contributed by atoms with E-state index in [4.69, 9.17) is 14.2 Å². The number of carbonyl (C=O) groups is 2. The Hall–Kier alpha value is -3.45. The molecule has 0 saturated carbocycles. The van der Waals surface area contributed by atoms with Gasteiger partial charge in [-0.25, -0.2) is 19.2 Å². The van der Waals surface area contributed by atoms with Crippen molar-refractivity contribution in [1.29, 1.82) is 0 Å². The summed E-state index contributed by atoms with van der Waals surface area (Å²) in [5.41, 5.74) is -0.530. The van der Waals surface area contributed by atoms with Crippen molar-refractivity contribution in [1.82, 2.24) is 19.2 Å². The molecule has 1 N–H and O–H groups in total. The maximum absolute atomic E-state index is 13.4. The molecule has 0 bridgehead atoms. The van der Waals surface area contributed by atoms with E-state index in [0.29, 0.717) is 47.1 Å². The molecule has 0 radical (unpaired) electrons. The Labute approximate surface area is 240 Å². The van der Waals surface area contributed by atoms with Gasteiger partial charge in [0.05, 0.1) is 13.5 Å². The summed E-state index contributed by atoms with van der Waals surface area (Å²) in [6.45, 7) is 6.72. The molecule has 40 heavy (non-hydrogen) atoms. The quantitative estimate of drug-likeness (QED) is 0.223. The first-order valence-corrected chi connectivity index (χ1v) is 14.6. The standard InChI is InChI=1S/C27H32FN5O5S2/c1-27(2,3)38-26(35)33-12-9-17(10-13-33)23-30-25(40-32-23)31-24-21(37-19-7-5-18(28)6-8-19)15-20(16-29-24)39-14-11-22(34)36-4/h5-8,15-17H,9-14H2,1-4H3,(H,29,30,31,32). The number of hydrogen-bond donors (Lipinski definition) is 1. The summed E-state index contributed by atoms with van der Waals surface area (Å²) in [6, 6.07) is 7.49. The highest BCUT2D eigenvalue weighted by Crippen LogP contribution is 2.35. The molecule has 3 heterocycles. The highest BCUT2D eigenvalue weighted by molar-refractivity contribution is 7.99. The van der Waals surface area contributed by atoms with Gasteiger partial charge < -0.3 is 24.4 Å². The van der Waals surface area contributed by atoms with Crippen LogP contribution in [0.2, 0.25) is 0 Å². The third kappa shape index (κ3) is 8.52. The first-order valence-electron chi connectivity index (χ1n) is 12.8. The second-order valence-electron chi connectivity index (χ2n) is 10.1. The Balaban J connectivity index is 1.43. The first-order chi connectivity index (χ1) is 19.1. The van der Waals surface area contributed by atoms with Crippen molar-refractivity contribution in [2.75, 3.05) is 31.3 Å². The summed E-state index contributed by atoms with van der Waals surface area (Å²) in [7, 11) is 1.36. The van der Waals surface area contributed by atoms with Gasteiger partial charge in [0.15, 0.2) is 11.6 Å². The summed E-state index contributed by atoms with van der Waals surface area (Å²) in [5, 5.41) is 3.74.